The van der Waals surface area contributed by atoms with E-state index in [2.05, 4.69) is 26.1 Å². The van der Waals surface area contributed by atoms with E-state index in [9.17, 15) is 4.79 Å². The van der Waals surface area contributed by atoms with Crippen LogP contribution in [0.1, 0.15) is 18.9 Å². The van der Waals surface area contributed by atoms with Crippen molar-refractivity contribution >= 4 is 27.5 Å². The fraction of sp³-hybridized carbons (Fsp3) is 0.462. The topological polar surface area (TPSA) is 58.4 Å². The fourth-order valence-electron chi connectivity index (χ4n) is 2.43. The van der Waals surface area contributed by atoms with Crippen LogP contribution >= 0.6 is 15.9 Å². The number of nitrogens with zero attached hydrogens (tertiary/aromatic N) is 1. The van der Waals surface area contributed by atoms with Crippen molar-refractivity contribution in [1.82, 2.24) is 5.32 Å². The molecule has 3 N–H and O–H groups in total. The maximum atomic E-state index is 11.9. The maximum Gasteiger partial charge on any atom is 0.242 e. The summed E-state index contributed by atoms with van der Waals surface area (Å²) in [7, 11) is 0. The lowest BCUT2D eigenvalue weighted by molar-refractivity contribution is -0.123. The minimum absolute atomic E-state index is 0.0988. The second-order valence-electron chi connectivity index (χ2n) is 4.35. The Hall–Kier alpha value is -1.07. The number of rotatable bonds is 3. The summed E-state index contributed by atoms with van der Waals surface area (Å²) < 4.78 is 1.00. The Morgan fingerprint density at radius 2 is 2.33 bits per heavy atom. The van der Waals surface area contributed by atoms with E-state index in [0.717, 1.165) is 28.7 Å². The molecule has 0 spiro atoms. The van der Waals surface area contributed by atoms with E-state index >= 15 is 0 Å². The van der Waals surface area contributed by atoms with Gasteiger partial charge >= 0.3 is 0 Å². The van der Waals surface area contributed by atoms with Gasteiger partial charge in [-0.15, -0.1) is 0 Å². The van der Waals surface area contributed by atoms with Crippen LogP contribution in [-0.2, 0) is 11.3 Å². The molecule has 1 aliphatic rings. The highest BCUT2D eigenvalue weighted by atomic mass is 79.9. The third kappa shape index (κ3) is 2.37. The molecule has 1 amide bonds. The molecule has 1 aliphatic heterocycles. The van der Waals surface area contributed by atoms with Gasteiger partial charge in [0.2, 0.25) is 5.91 Å². The van der Waals surface area contributed by atoms with Gasteiger partial charge in [-0.05, 0) is 18.6 Å². The highest BCUT2D eigenvalue weighted by Crippen LogP contribution is 2.30. The standard InChI is InChI=1S/C13H18BrN3O/c1-2-11-13(18)16-6-7-17(11)12-5-3-4-10(14)9(12)8-15/h3-5,11H,2,6-8,15H2,1H3,(H,16,18). The SMILES string of the molecule is CCC1C(=O)NCCN1c1cccc(Br)c1CN. The zero-order chi connectivity index (χ0) is 13.1. The van der Waals surface area contributed by atoms with Gasteiger partial charge < -0.3 is 16.0 Å². The summed E-state index contributed by atoms with van der Waals surface area (Å²) in [6.07, 6.45) is 0.794. The van der Waals surface area contributed by atoms with Crippen LogP contribution in [0.2, 0.25) is 0 Å². The van der Waals surface area contributed by atoms with E-state index in [1.54, 1.807) is 0 Å². The highest BCUT2D eigenvalue weighted by molar-refractivity contribution is 9.10. The van der Waals surface area contributed by atoms with Crippen LogP contribution in [0, 0.1) is 0 Å². The van der Waals surface area contributed by atoms with Crippen molar-refractivity contribution in [3.63, 3.8) is 0 Å². The molecule has 2 rings (SSSR count). The van der Waals surface area contributed by atoms with Crippen LogP contribution in [0.5, 0.6) is 0 Å². The number of benzene rings is 1. The molecule has 1 unspecified atom stereocenters. The second kappa shape index (κ2) is 5.71. The van der Waals surface area contributed by atoms with E-state index in [-0.39, 0.29) is 11.9 Å². The van der Waals surface area contributed by atoms with Crippen molar-refractivity contribution in [2.24, 2.45) is 5.73 Å². The molecule has 4 nitrogen and oxygen atoms in total. The zero-order valence-corrected chi connectivity index (χ0v) is 12.0. The molecular weight excluding hydrogens is 294 g/mol. The van der Waals surface area contributed by atoms with Crippen molar-refractivity contribution in [2.75, 3.05) is 18.0 Å². The molecule has 0 radical (unpaired) electrons. The third-order valence-electron chi connectivity index (χ3n) is 3.33. The molecule has 1 saturated heterocycles. The molecule has 0 saturated carbocycles. The molecule has 1 fully saturated rings. The normalized spacial score (nSPS) is 19.8. The first-order valence-corrected chi connectivity index (χ1v) is 7.00. The van der Waals surface area contributed by atoms with Gasteiger partial charge in [-0.2, -0.15) is 0 Å². The number of carbonyl (C=O) groups is 1. The van der Waals surface area contributed by atoms with Crippen LogP contribution in [-0.4, -0.2) is 25.0 Å². The van der Waals surface area contributed by atoms with Crippen molar-refractivity contribution in [3.8, 4) is 0 Å². The lowest BCUT2D eigenvalue weighted by atomic mass is 10.1. The number of nitrogens with two attached hydrogens (primary N) is 1. The first kappa shape index (κ1) is 13.4. The van der Waals surface area contributed by atoms with Crippen LogP contribution < -0.4 is 16.0 Å². The van der Waals surface area contributed by atoms with Gasteiger partial charge in [0, 0.05) is 35.4 Å². The Morgan fingerprint density at radius 1 is 1.56 bits per heavy atom. The quantitative estimate of drug-likeness (QED) is 0.892. The second-order valence-corrected chi connectivity index (χ2v) is 5.20. The monoisotopic (exact) mass is 311 g/mol. The van der Waals surface area contributed by atoms with Crippen LogP contribution in [0.25, 0.3) is 0 Å². The molecule has 0 aliphatic carbocycles. The predicted octanol–water partition coefficient (Wildman–Crippen LogP) is 1.62. The zero-order valence-electron chi connectivity index (χ0n) is 10.4. The van der Waals surface area contributed by atoms with Gasteiger partial charge in [-0.1, -0.05) is 28.9 Å². The summed E-state index contributed by atoms with van der Waals surface area (Å²) in [5.41, 5.74) is 7.95. The van der Waals surface area contributed by atoms with Gasteiger partial charge in [0.05, 0.1) is 0 Å². The lowest BCUT2D eigenvalue weighted by Gasteiger charge is -2.37. The summed E-state index contributed by atoms with van der Waals surface area (Å²) in [5, 5.41) is 2.91. The molecule has 5 heteroatoms. The smallest absolute Gasteiger partial charge is 0.242 e. The van der Waals surface area contributed by atoms with Crippen LogP contribution in [0.3, 0.4) is 0 Å². The van der Waals surface area contributed by atoms with Crippen molar-refractivity contribution in [1.29, 1.82) is 0 Å². The molecule has 1 aromatic rings. The Kier molecular flexibility index (Phi) is 4.24. The van der Waals surface area contributed by atoms with Crippen molar-refractivity contribution in [3.05, 3.63) is 28.2 Å². The minimum atomic E-state index is -0.0988. The average molecular weight is 312 g/mol. The number of hydrogen-bond donors (Lipinski definition) is 2. The minimum Gasteiger partial charge on any atom is -0.357 e. The van der Waals surface area contributed by atoms with Gasteiger partial charge in [-0.25, -0.2) is 0 Å². The van der Waals surface area contributed by atoms with Gasteiger partial charge in [-0.3, -0.25) is 4.79 Å². The van der Waals surface area contributed by atoms with E-state index in [0.29, 0.717) is 13.1 Å². The number of hydrogen-bond acceptors (Lipinski definition) is 3. The summed E-state index contributed by atoms with van der Waals surface area (Å²) in [6, 6.07) is 5.90. The average Bonchev–Trinajstić information content (AvgIpc) is 2.38. The first-order chi connectivity index (χ1) is 8.69. The summed E-state index contributed by atoms with van der Waals surface area (Å²) in [4.78, 5) is 14.1. The van der Waals surface area contributed by atoms with Gasteiger partial charge in [0.15, 0.2) is 0 Å². The molecule has 1 aromatic carbocycles. The molecule has 1 heterocycles. The lowest BCUT2D eigenvalue weighted by Crippen LogP contribution is -2.55. The number of piperazine rings is 1. The van der Waals surface area contributed by atoms with Gasteiger partial charge in [0.1, 0.15) is 6.04 Å². The van der Waals surface area contributed by atoms with E-state index < -0.39 is 0 Å². The first-order valence-electron chi connectivity index (χ1n) is 6.20. The largest absolute Gasteiger partial charge is 0.357 e. The Morgan fingerprint density at radius 3 is 3.00 bits per heavy atom. The third-order valence-corrected chi connectivity index (χ3v) is 4.07. The molecular formula is C13H18BrN3O. The van der Waals surface area contributed by atoms with Crippen LogP contribution in [0.15, 0.2) is 22.7 Å². The summed E-state index contributed by atoms with van der Waals surface area (Å²) in [5.74, 6) is 0.103. The highest BCUT2D eigenvalue weighted by Gasteiger charge is 2.29. The molecule has 0 aromatic heterocycles. The number of nitrogens with one attached hydrogen (secondary N) is 1. The number of anilines is 1. The molecule has 18 heavy (non-hydrogen) atoms. The van der Waals surface area contributed by atoms with Crippen LogP contribution in [0.4, 0.5) is 5.69 Å². The number of amides is 1. The van der Waals surface area contributed by atoms with Crippen molar-refractivity contribution in [2.45, 2.75) is 25.9 Å². The number of carbonyl (C=O) groups excluding carboxylic acids is 1. The Labute approximate surface area is 116 Å². The summed E-state index contributed by atoms with van der Waals surface area (Å²) in [6.45, 7) is 4.01. The van der Waals surface area contributed by atoms with Crippen molar-refractivity contribution < 1.29 is 4.79 Å². The molecule has 1 atom stereocenters. The van der Waals surface area contributed by atoms with E-state index in [1.807, 2.05) is 25.1 Å². The fourth-order valence-corrected chi connectivity index (χ4v) is 2.94. The maximum absolute atomic E-state index is 11.9. The van der Waals surface area contributed by atoms with E-state index in [4.69, 9.17) is 5.73 Å². The predicted molar refractivity (Wildman–Crippen MR) is 76.5 cm³/mol. The summed E-state index contributed by atoms with van der Waals surface area (Å²) >= 11 is 3.52. The van der Waals surface area contributed by atoms with Gasteiger partial charge in [0.25, 0.3) is 0 Å². The number of halogens is 1. The Bertz CT molecular complexity index is 450. The molecule has 0 bridgehead atoms. The van der Waals surface area contributed by atoms with E-state index in [1.165, 1.54) is 0 Å². The Balaban J connectivity index is 2.40. The molecule has 98 valence electrons.